The first-order valence-corrected chi connectivity index (χ1v) is 8.54. The molecule has 0 unspecified atom stereocenters. The number of imidazole rings is 1. The van der Waals surface area contributed by atoms with Crippen molar-refractivity contribution in [1.82, 2.24) is 14.7 Å². The number of amides is 1. The fraction of sp³-hybridized carbons (Fsp3) is 0.167. The summed E-state index contributed by atoms with van der Waals surface area (Å²) in [4.78, 5) is 38.5. The number of aryl methyl sites for hydroxylation is 1. The molecule has 3 aromatic rings. The Morgan fingerprint density at radius 2 is 2.14 bits per heavy atom. The summed E-state index contributed by atoms with van der Waals surface area (Å²) in [5.74, 6) is -1.31. The summed E-state index contributed by atoms with van der Waals surface area (Å²) in [5.41, 5.74) is 1.96. The van der Waals surface area contributed by atoms with Gasteiger partial charge in [0.25, 0.3) is 11.6 Å². The van der Waals surface area contributed by atoms with Crippen molar-refractivity contribution in [2.45, 2.75) is 13.5 Å². The van der Waals surface area contributed by atoms with E-state index in [1.54, 1.807) is 6.20 Å². The zero-order chi connectivity index (χ0) is 20.3. The Labute approximate surface area is 164 Å². The van der Waals surface area contributed by atoms with Crippen LogP contribution >= 0.6 is 11.6 Å². The monoisotopic (exact) mass is 402 g/mol. The van der Waals surface area contributed by atoms with Gasteiger partial charge in [0.1, 0.15) is 23.8 Å². The number of nitro groups is 1. The molecule has 144 valence electrons. The molecule has 0 saturated heterocycles. The van der Waals surface area contributed by atoms with E-state index in [2.05, 4.69) is 10.3 Å². The van der Waals surface area contributed by atoms with Gasteiger partial charge < -0.3 is 14.5 Å². The SMILES string of the molecule is Cc1cccn2cc(COC(=O)CNC(=O)c3ccc(Cl)c([N+](=O)[O-])c3)nc12. The van der Waals surface area contributed by atoms with Crippen LogP contribution in [0.2, 0.25) is 5.02 Å². The third-order valence-corrected chi connectivity index (χ3v) is 4.23. The fourth-order valence-electron chi connectivity index (χ4n) is 2.53. The third-order valence-electron chi connectivity index (χ3n) is 3.91. The molecule has 2 aromatic heterocycles. The molecule has 10 heteroatoms. The van der Waals surface area contributed by atoms with Crippen molar-refractivity contribution in [3.8, 4) is 0 Å². The lowest BCUT2D eigenvalue weighted by atomic mass is 10.2. The molecule has 1 aromatic carbocycles. The van der Waals surface area contributed by atoms with E-state index < -0.39 is 16.8 Å². The van der Waals surface area contributed by atoms with Gasteiger partial charge >= 0.3 is 5.97 Å². The molecule has 28 heavy (non-hydrogen) atoms. The second-order valence-electron chi connectivity index (χ2n) is 5.92. The highest BCUT2D eigenvalue weighted by Crippen LogP contribution is 2.24. The van der Waals surface area contributed by atoms with Crippen LogP contribution in [-0.4, -0.2) is 32.7 Å². The van der Waals surface area contributed by atoms with E-state index in [1.165, 1.54) is 12.1 Å². The van der Waals surface area contributed by atoms with E-state index >= 15 is 0 Å². The highest BCUT2D eigenvalue weighted by atomic mass is 35.5. The van der Waals surface area contributed by atoms with Crippen molar-refractivity contribution in [2.75, 3.05) is 6.54 Å². The van der Waals surface area contributed by atoms with Crippen molar-refractivity contribution in [2.24, 2.45) is 0 Å². The fourth-order valence-corrected chi connectivity index (χ4v) is 2.71. The molecule has 3 rings (SSSR count). The summed E-state index contributed by atoms with van der Waals surface area (Å²) in [6, 6.07) is 7.43. The number of hydrogen-bond acceptors (Lipinski definition) is 6. The smallest absolute Gasteiger partial charge is 0.325 e. The Kier molecular flexibility index (Phi) is 5.55. The van der Waals surface area contributed by atoms with Gasteiger partial charge in [0.05, 0.1) is 10.6 Å². The van der Waals surface area contributed by atoms with Crippen LogP contribution in [-0.2, 0) is 16.1 Å². The van der Waals surface area contributed by atoms with Gasteiger partial charge in [-0.05, 0) is 30.7 Å². The summed E-state index contributed by atoms with van der Waals surface area (Å²) in [6.45, 7) is 1.50. The van der Waals surface area contributed by atoms with Crippen LogP contribution in [0, 0.1) is 17.0 Å². The minimum Gasteiger partial charge on any atom is -0.458 e. The Bertz CT molecular complexity index is 1080. The Hall–Kier alpha value is -3.46. The minimum atomic E-state index is -0.691. The molecule has 0 aliphatic carbocycles. The van der Waals surface area contributed by atoms with Gasteiger partial charge in [0.2, 0.25) is 0 Å². The first kappa shape index (κ1) is 19.3. The number of rotatable bonds is 6. The van der Waals surface area contributed by atoms with Gasteiger partial charge in [-0.1, -0.05) is 17.7 Å². The quantitative estimate of drug-likeness (QED) is 0.385. The number of esters is 1. The molecule has 0 aliphatic rings. The average molecular weight is 403 g/mol. The Balaban J connectivity index is 1.55. The normalized spacial score (nSPS) is 10.6. The van der Waals surface area contributed by atoms with Gasteiger partial charge in [-0.2, -0.15) is 0 Å². The first-order valence-electron chi connectivity index (χ1n) is 8.16. The van der Waals surface area contributed by atoms with E-state index in [0.29, 0.717) is 5.69 Å². The highest BCUT2D eigenvalue weighted by Gasteiger charge is 2.17. The van der Waals surface area contributed by atoms with Crippen molar-refractivity contribution >= 4 is 34.8 Å². The van der Waals surface area contributed by atoms with Crippen LogP contribution in [0.1, 0.15) is 21.6 Å². The number of nitrogens with one attached hydrogen (secondary N) is 1. The van der Waals surface area contributed by atoms with Gasteiger partial charge in [-0.25, -0.2) is 4.98 Å². The number of nitrogens with zero attached hydrogens (tertiary/aromatic N) is 3. The van der Waals surface area contributed by atoms with Crippen molar-refractivity contribution in [3.63, 3.8) is 0 Å². The summed E-state index contributed by atoms with van der Waals surface area (Å²) in [5, 5.41) is 13.1. The molecule has 0 spiro atoms. The van der Waals surface area contributed by atoms with Gasteiger partial charge in [-0.15, -0.1) is 0 Å². The molecule has 1 N–H and O–H groups in total. The molecular formula is C18H15ClN4O5. The van der Waals surface area contributed by atoms with Crippen LogP contribution < -0.4 is 5.32 Å². The second kappa shape index (κ2) is 8.05. The third kappa shape index (κ3) is 4.26. The van der Waals surface area contributed by atoms with Crippen LogP contribution in [0.4, 0.5) is 5.69 Å². The Morgan fingerprint density at radius 1 is 1.36 bits per heavy atom. The average Bonchev–Trinajstić information content (AvgIpc) is 3.09. The van der Waals surface area contributed by atoms with Crippen LogP contribution in [0.5, 0.6) is 0 Å². The molecule has 0 atom stereocenters. The molecule has 0 aliphatic heterocycles. The second-order valence-corrected chi connectivity index (χ2v) is 6.33. The zero-order valence-electron chi connectivity index (χ0n) is 14.7. The summed E-state index contributed by atoms with van der Waals surface area (Å²) >= 11 is 5.71. The Morgan fingerprint density at radius 3 is 2.86 bits per heavy atom. The first-order chi connectivity index (χ1) is 13.3. The van der Waals surface area contributed by atoms with E-state index in [9.17, 15) is 19.7 Å². The maximum atomic E-state index is 12.1. The van der Waals surface area contributed by atoms with Gasteiger partial charge in [0, 0.05) is 24.0 Å². The largest absolute Gasteiger partial charge is 0.458 e. The van der Waals surface area contributed by atoms with Crippen molar-refractivity contribution in [3.05, 3.63) is 74.7 Å². The lowest BCUT2D eigenvalue weighted by Gasteiger charge is -2.06. The summed E-state index contributed by atoms with van der Waals surface area (Å²) in [7, 11) is 0. The molecule has 9 nitrogen and oxygen atoms in total. The molecule has 2 heterocycles. The number of carbonyl (C=O) groups excluding carboxylic acids is 2. The number of fused-ring (bicyclic) bond motifs is 1. The predicted molar refractivity (Wildman–Crippen MR) is 100 cm³/mol. The number of nitro benzene ring substituents is 1. The molecular weight excluding hydrogens is 388 g/mol. The molecule has 1 amide bonds. The number of carbonyl (C=O) groups is 2. The van der Waals surface area contributed by atoms with E-state index in [4.69, 9.17) is 16.3 Å². The van der Waals surface area contributed by atoms with Gasteiger partial charge in [-0.3, -0.25) is 19.7 Å². The molecule has 0 fully saturated rings. The van der Waals surface area contributed by atoms with Crippen molar-refractivity contribution < 1.29 is 19.2 Å². The van der Waals surface area contributed by atoms with Crippen LogP contribution in [0.25, 0.3) is 5.65 Å². The zero-order valence-corrected chi connectivity index (χ0v) is 15.5. The highest BCUT2D eigenvalue weighted by molar-refractivity contribution is 6.32. The van der Waals surface area contributed by atoms with E-state index in [-0.39, 0.29) is 29.4 Å². The van der Waals surface area contributed by atoms with Gasteiger partial charge in [0.15, 0.2) is 0 Å². The minimum absolute atomic E-state index is 0.0136. The topological polar surface area (TPSA) is 116 Å². The summed E-state index contributed by atoms with van der Waals surface area (Å²) < 4.78 is 6.93. The molecule has 0 radical (unpaired) electrons. The lowest BCUT2D eigenvalue weighted by Crippen LogP contribution is -2.30. The number of hydrogen-bond donors (Lipinski definition) is 1. The van der Waals surface area contributed by atoms with E-state index in [1.807, 2.05) is 29.7 Å². The standard InChI is InChI=1S/C18H15ClN4O5/c1-11-3-2-6-22-9-13(21-17(11)22)10-28-16(24)8-20-18(25)12-4-5-14(19)15(7-12)23(26)27/h2-7,9H,8,10H2,1H3,(H,20,25). The number of halogens is 1. The van der Waals surface area contributed by atoms with Crippen molar-refractivity contribution in [1.29, 1.82) is 0 Å². The molecule has 0 saturated carbocycles. The maximum Gasteiger partial charge on any atom is 0.325 e. The van der Waals surface area contributed by atoms with Crippen LogP contribution in [0.3, 0.4) is 0 Å². The predicted octanol–water partition coefficient (Wildman–Crippen LogP) is 2.68. The molecule has 0 bridgehead atoms. The maximum absolute atomic E-state index is 12.1. The number of pyridine rings is 1. The number of aromatic nitrogens is 2. The number of ether oxygens (including phenoxy) is 1. The van der Waals surface area contributed by atoms with E-state index in [0.717, 1.165) is 17.3 Å². The summed E-state index contributed by atoms with van der Waals surface area (Å²) in [6.07, 6.45) is 3.59. The van der Waals surface area contributed by atoms with Crippen LogP contribution in [0.15, 0.2) is 42.7 Å². The number of benzene rings is 1. The lowest BCUT2D eigenvalue weighted by molar-refractivity contribution is -0.384.